The highest BCUT2D eigenvalue weighted by molar-refractivity contribution is 5.82. The second-order valence-corrected chi connectivity index (χ2v) is 5.49. The van der Waals surface area contributed by atoms with E-state index in [0.717, 1.165) is 11.3 Å². The number of nitrogens with zero attached hydrogens (tertiary/aromatic N) is 4. The monoisotopic (exact) mass is 298 g/mol. The molecule has 1 aliphatic rings. The molecule has 0 aliphatic carbocycles. The molecule has 3 N–H and O–H groups in total. The molecule has 2 atom stereocenters. The van der Waals surface area contributed by atoms with Crippen LogP contribution in [0.15, 0.2) is 42.9 Å². The SMILES string of the molecule is C=C1Nc2ncnn2[C@@H](c2ccc(N(C)C)cc2)[C@@H]1C(N)=O. The van der Waals surface area contributed by atoms with E-state index in [1.54, 1.807) is 4.68 Å². The lowest BCUT2D eigenvalue weighted by atomic mass is 9.88. The van der Waals surface area contributed by atoms with Gasteiger partial charge in [-0.3, -0.25) is 4.79 Å². The molecule has 22 heavy (non-hydrogen) atoms. The van der Waals surface area contributed by atoms with Crippen molar-refractivity contribution >= 4 is 17.5 Å². The standard InChI is InChI=1S/C15H18N6O/c1-9-12(14(16)22)13(21-15(19-9)17-8-18-21)10-4-6-11(7-5-10)20(2)3/h4-8,12-13H,1H2,2-3H3,(H2,16,22)(H,17,18,19)/t12-,13+/m1/s1. The number of aromatic nitrogens is 3. The number of amides is 1. The van der Waals surface area contributed by atoms with Gasteiger partial charge in [0.25, 0.3) is 0 Å². The first-order valence-corrected chi connectivity index (χ1v) is 6.91. The molecule has 2 aromatic rings. The van der Waals surface area contributed by atoms with Crippen LogP contribution in [0.1, 0.15) is 11.6 Å². The maximum Gasteiger partial charge on any atom is 0.229 e. The first kappa shape index (κ1) is 14.1. The lowest BCUT2D eigenvalue weighted by Crippen LogP contribution is -2.40. The van der Waals surface area contributed by atoms with Crippen LogP contribution in [0.2, 0.25) is 0 Å². The minimum Gasteiger partial charge on any atom is -0.378 e. The summed E-state index contributed by atoms with van der Waals surface area (Å²) in [5.41, 5.74) is 8.13. The molecule has 114 valence electrons. The van der Waals surface area contributed by atoms with Crippen LogP contribution in [0.5, 0.6) is 0 Å². The fourth-order valence-corrected chi connectivity index (χ4v) is 2.73. The molecule has 2 heterocycles. The van der Waals surface area contributed by atoms with Crippen molar-refractivity contribution < 1.29 is 4.79 Å². The maximum absolute atomic E-state index is 11.9. The Morgan fingerprint density at radius 2 is 2.05 bits per heavy atom. The molecule has 0 radical (unpaired) electrons. The first-order chi connectivity index (χ1) is 10.5. The smallest absolute Gasteiger partial charge is 0.229 e. The van der Waals surface area contributed by atoms with Crippen molar-refractivity contribution in [3.63, 3.8) is 0 Å². The van der Waals surface area contributed by atoms with Crippen molar-refractivity contribution in [1.82, 2.24) is 14.8 Å². The lowest BCUT2D eigenvalue weighted by Gasteiger charge is -2.32. The third-order valence-electron chi connectivity index (χ3n) is 3.86. The predicted octanol–water partition coefficient (Wildman–Crippen LogP) is 0.974. The van der Waals surface area contributed by atoms with Gasteiger partial charge in [0.05, 0.1) is 6.04 Å². The van der Waals surface area contributed by atoms with Gasteiger partial charge < -0.3 is 16.0 Å². The summed E-state index contributed by atoms with van der Waals surface area (Å²) in [7, 11) is 3.95. The average Bonchev–Trinajstić information content (AvgIpc) is 2.93. The van der Waals surface area contributed by atoms with Gasteiger partial charge >= 0.3 is 0 Å². The number of fused-ring (bicyclic) bond motifs is 1. The quantitative estimate of drug-likeness (QED) is 0.881. The lowest BCUT2D eigenvalue weighted by molar-refractivity contribution is -0.121. The van der Waals surface area contributed by atoms with Crippen molar-refractivity contribution in [2.75, 3.05) is 24.3 Å². The number of benzene rings is 1. The second-order valence-electron chi connectivity index (χ2n) is 5.49. The van der Waals surface area contributed by atoms with Crippen LogP contribution in [0, 0.1) is 5.92 Å². The Kier molecular flexibility index (Phi) is 3.32. The van der Waals surface area contributed by atoms with Crippen LogP contribution in [-0.2, 0) is 4.79 Å². The Morgan fingerprint density at radius 3 is 2.64 bits per heavy atom. The summed E-state index contributed by atoms with van der Waals surface area (Å²) in [5.74, 6) is -0.469. The van der Waals surface area contributed by atoms with Gasteiger partial charge in [-0.05, 0) is 17.7 Å². The van der Waals surface area contributed by atoms with Crippen LogP contribution < -0.4 is 16.0 Å². The van der Waals surface area contributed by atoms with Gasteiger partial charge in [-0.1, -0.05) is 18.7 Å². The first-order valence-electron chi connectivity index (χ1n) is 6.91. The third kappa shape index (κ3) is 2.20. The van der Waals surface area contributed by atoms with E-state index in [0.29, 0.717) is 11.6 Å². The molecule has 0 fully saturated rings. The molecule has 7 nitrogen and oxygen atoms in total. The summed E-state index contributed by atoms with van der Waals surface area (Å²) in [6.07, 6.45) is 1.44. The fraction of sp³-hybridized carbons (Fsp3) is 0.267. The number of carbonyl (C=O) groups is 1. The Labute approximate surface area is 128 Å². The molecule has 0 unspecified atom stereocenters. The van der Waals surface area contributed by atoms with Crippen LogP contribution >= 0.6 is 0 Å². The largest absolute Gasteiger partial charge is 0.378 e. The summed E-state index contributed by atoms with van der Waals surface area (Å²) < 4.78 is 1.68. The number of anilines is 2. The fourth-order valence-electron chi connectivity index (χ4n) is 2.73. The second kappa shape index (κ2) is 5.18. The minimum absolute atomic E-state index is 0.347. The molecule has 1 aliphatic heterocycles. The molecule has 0 bridgehead atoms. The number of hydrogen-bond acceptors (Lipinski definition) is 5. The highest BCUT2D eigenvalue weighted by Gasteiger charge is 2.38. The van der Waals surface area contributed by atoms with E-state index in [9.17, 15) is 4.79 Å². The summed E-state index contributed by atoms with van der Waals surface area (Å²) in [5, 5.41) is 7.21. The van der Waals surface area contributed by atoms with E-state index in [4.69, 9.17) is 5.73 Å². The van der Waals surface area contributed by atoms with Gasteiger partial charge in [0.2, 0.25) is 11.9 Å². The summed E-state index contributed by atoms with van der Waals surface area (Å²) in [4.78, 5) is 18.1. The van der Waals surface area contributed by atoms with Crippen molar-refractivity contribution in [3.05, 3.63) is 48.4 Å². The Morgan fingerprint density at radius 1 is 1.36 bits per heavy atom. The molecular weight excluding hydrogens is 280 g/mol. The number of nitrogens with two attached hydrogens (primary N) is 1. The minimum atomic E-state index is -0.584. The maximum atomic E-state index is 11.9. The van der Waals surface area contributed by atoms with Crippen LogP contribution in [0.4, 0.5) is 11.6 Å². The predicted molar refractivity (Wildman–Crippen MR) is 84.4 cm³/mol. The molecule has 3 rings (SSSR count). The molecular formula is C15H18N6O. The van der Waals surface area contributed by atoms with E-state index in [1.807, 2.05) is 43.3 Å². The topological polar surface area (TPSA) is 89.1 Å². The normalized spacial score (nSPS) is 20.2. The molecule has 7 heteroatoms. The van der Waals surface area contributed by atoms with E-state index in [2.05, 4.69) is 22.0 Å². The summed E-state index contributed by atoms with van der Waals surface area (Å²) in [6, 6.07) is 7.59. The van der Waals surface area contributed by atoms with Gasteiger partial charge in [-0.25, -0.2) is 4.68 Å². The number of nitrogens with one attached hydrogen (secondary N) is 1. The highest BCUT2D eigenvalue weighted by Crippen LogP contribution is 2.37. The zero-order chi connectivity index (χ0) is 15.9. The number of carbonyl (C=O) groups excluding carboxylic acids is 1. The summed E-state index contributed by atoms with van der Waals surface area (Å²) >= 11 is 0. The van der Waals surface area contributed by atoms with Gasteiger partial charge in [0.15, 0.2) is 0 Å². The van der Waals surface area contributed by atoms with Crippen molar-refractivity contribution in [2.45, 2.75) is 6.04 Å². The Hall–Kier alpha value is -2.83. The highest BCUT2D eigenvalue weighted by atomic mass is 16.1. The number of rotatable bonds is 3. The number of hydrogen-bond donors (Lipinski definition) is 2. The molecule has 1 amide bonds. The van der Waals surface area contributed by atoms with E-state index < -0.39 is 11.8 Å². The molecule has 1 aromatic heterocycles. The van der Waals surface area contributed by atoms with Crippen molar-refractivity contribution in [3.8, 4) is 0 Å². The molecule has 1 aromatic carbocycles. The van der Waals surface area contributed by atoms with Crippen LogP contribution in [0.3, 0.4) is 0 Å². The summed E-state index contributed by atoms with van der Waals surface area (Å²) in [6.45, 7) is 3.92. The van der Waals surface area contributed by atoms with E-state index in [-0.39, 0.29) is 6.04 Å². The molecule has 0 saturated heterocycles. The molecule has 0 saturated carbocycles. The third-order valence-corrected chi connectivity index (χ3v) is 3.86. The van der Waals surface area contributed by atoms with E-state index >= 15 is 0 Å². The van der Waals surface area contributed by atoms with Gasteiger partial charge in [0.1, 0.15) is 12.2 Å². The Balaban J connectivity index is 2.09. The zero-order valence-electron chi connectivity index (χ0n) is 12.5. The number of primary amides is 1. The van der Waals surface area contributed by atoms with Gasteiger partial charge in [0, 0.05) is 25.5 Å². The van der Waals surface area contributed by atoms with Crippen molar-refractivity contribution in [1.29, 1.82) is 0 Å². The van der Waals surface area contributed by atoms with Crippen LogP contribution in [0.25, 0.3) is 0 Å². The zero-order valence-corrected chi connectivity index (χ0v) is 12.5. The van der Waals surface area contributed by atoms with Gasteiger partial charge in [-0.15, -0.1) is 0 Å². The van der Waals surface area contributed by atoms with Gasteiger partial charge in [-0.2, -0.15) is 10.1 Å². The van der Waals surface area contributed by atoms with Crippen LogP contribution in [-0.4, -0.2) is 34.8 Å². The Bertz CT molecular complexity index is 718. The van der Waals surface area contributed by atoms with E-state index in [1.165, 1.54) is 6.33 Å². The molecule has 0 spiro atoms. The average molecular weight is 298 g/mol. The van der Waals surface area contributed by atoms with Crippen molar-refractivity contribution in [2.24, 2.45) is 11.7 Å².